The molecule has 6 atom stereocenters. The molecule has 4 aliphatic heterocycles. The highest BCUT2D eigenvalue weighted by molar-refractivity contribution is 8.13. The number of halogens is 3. The van der Waals surface area contributed by atoms with Gasteiger partial charge in [-0.05, 0) is 123 Å². The number of nitrogens with two attached hydrogens (primary N) is 1. The Labute approximate surface area is 374 Å². The fraction of sp³-hybridized carbons (Fsp3) is 0.581. The van der Waals surface area contributed by atoms with Crippen LogP contribution in [0.25, 0.3) is 0 Å². The van der Waals surface area contributed by atoms with Gasteiger partial charge in [0.1, 0.15) is 5.78 Å². The molecule has 5 heterocycles. The minimum Gasteiger partial charge on any atom is -0.481 e. The summed E-state index contributed by atoms with van der Waals surface area (Å²) in [6, 6.07) is 18.7. The number of hydrogen-bond donors (Lipinski definition) is 4. The summed E-state index contributed by atoms with van der Waals surface area (Å²) >= 11 is 13.4. The summed E-state index contributed by atoms with van der Waals surface area (Å²) < 4.78 is 0. The number of carboxylic acid groups (broad SMARTS) is 1. The predicted octanol–water partition coefficient (Wildman–Crippen LogP) is 7.21. The monoisotopic (exact) mass is 900 g/mol. The number of aromatic nitrogens is 3. The lowest BCUT2D eigenvalue weighted by Gasteiger charge is -2.44. The Bertz CT molecular complexity index is 1890. The van der Waals surface area contributed by atoms with Gasteiger partial charge >= 0.3 is 0 Å². The van der Waals surface area contributed by atoms with Gasteiger partial charge in [-0.1, -0.05) is 59.2 Å². The Morgan fingerprint density at radius 2 is 1.52 bits per heavy atom. The second kappa shape index (κ2) is 23.0. The number of anilines is 2. The van der Waals surface area contributed by atoms with Crippen LogP contribution in [0.4, 0.5) is 11.9 Å². The summed E-state index contributed by atoms with van der Waals surface area (Å²) in [5, 5.41) is 28.8. The number of amidine groups is 1. The summed E-state index contributed by atoms with van der Waals surface area (Å²) in [6.45, 7) is 6.99. The quantitative estimate of drug-likeness (QED) is 0.111. The zero-order valence-corrected chi connectivity index (χ0v) is 37.7. The number of fused-ring (bicyclic) bond motifs is 2. The zero-order chi connectivity index (χ0) is 41.9. The van der Waals surface area contributed by atoms with Crippen LogP contribution >= 0.6 is 47.4 Å². The second-order valence-electron chi connectivity index (χ2n) is 16.6. The Kier molecular flexibility index (Phi) is 18.2. The Morgan fingerprint density at radius 1 is 0.933 bits per heavy atom. The Hall–Kier alpha value is -3.58. The number of nitrogen functional groups attached to an aromatic ring is 1. The average Bonchev–Trinajstić information content (AvgIpc) is 4.14. The number of aliphatic imine (C=N–C) groups is 1. The minimum absolute atomic E-state index is 0. The van der Waals surface area contributed by atoms with Crippen LogP contribution in [-0.2, 0) is 22.4 Å². The Morgan fingerprint density at radius 3 is 2.07 bits per heavy atom. The number of benzene rings is 2. The highest BCUT2D eigenvalue weighted by atomic mass is 35.5. The molecule has 5 N–H and O–H groups in total. The van der Waals surface area contributed by atoms with Crippen LogP contribution in [0.15, 0.2) is 53.5 Å². The number of thioether (sulfide) groups is 1. The number of nitrogens with one attached hydrogen (secondary N) is 2. The van der Waals surface area contributed by atoms with Crippen molar-refractivity contribution in [2.45, 2.75) is 89.3 Å². The van der Waals surface area contributed by atoms with Crippen molar-refractivity contribution < 1.29 is 14.7 Å². The number of nitrogens with zero attached hydrogens (tertiary/aromatic N) is 7. The number of H-pyrrole nitrogens is 1. The summed E-state index contributed by atoms with van der Waals surface area (Å²) in [5.41, 5.74) is 8.48. The maximum Gasteiger partial charge on any atom is 0.300 e. The van der Waals surface area contributed by atoms with Crippen molar-refractivity contribution in [3.8, 4) is 6.19 Å². The van der Waals surface area contributed by atoms with Gasteiger partial charge in [-0.2, -0.15) is 10.2 Å². The number of ketones is 1. The molecular formula is C43H59Cl3N10O3S. The number of aliphatic carboxylic acids is 1. The van der Waals surface area contributed by atoms with E-state index in [1.165, 1.54) is 74.5 Å². The van der Waals surface area contributed by atoms with Crippen LogP contribution < -0.4 is 16.0 Å². The first kappa shape index (κ1) is 47.5. The van der Waals surface area contributed by atoms with Gasteiger partial charge in [0.05, 0.1) is 0 Å². The van der Waals surface area contributed by atoms with Crippen molar-refractivity contribution in [1.29, 1.82) is 5.26 Å². The number of aromatic amines is 1. The number of likely N-dealkylation sites (tertiary alicyclic amines) is 2. The summed E-state index contributed by atoms with van der Waals surface area (Å²) in [5.74, 6) is 4.55. The van der Waals surface area contributed by atoms with Crippen LogP contribution in [0.2, 0.25) is 10.0 Å². The second-order valence-corrected chi connectivity index (χ2v) is 18.2. The minimum atomic E-state index is -0.833. The van der Waals surface area contributed by atoms with Gasteiger partial charge in [-0.15, -0.1) is 22.5 Å². The van der Waals surface area contributed by atoms with Gasteiger partial charge in [-0.25, -0.2) is 5.10 Å². The third-order valence-corrected chi connectivity index (χ3v) is 13.5. The maximum atomic E-state index is 10.9. The van der Waals surface area contributed by atoms with Gasteiger partial charge in [0.15, 0.2) is 5.17 Å². The lowest BCUT2D eigenvalue weighted by molar-refractivity contribution is -0.134. The predicted molar refractivity (Wildman–Crippen MR) is 244 cm³/mol. The number of carboxylic acids is 1. The molecule has 17 heteroatoms. The summed E-state index contributed by atoms with van der Waals surface area (Å²) in [4.78, 5) is 35.0. The number of carbonyl (C=O) groups is 2. The van der Waals surface area contributed by atoms with E-state index in [1.807, 2.05) is 35.4 Å². The van der Waals surface area contributed by atoms with Gasteiger partial charge in [0.2, 0.25) is 18.1 Å². The molecule has 0 radical (unpaired) electrons. The number of hydrogen-bond acceptors (Lipinski definition) is 11. The van der Waals surface area contributed by atoms with Crippen molar-refractivity contribution in [2.75, 3.05) is 56.2 Å². The SMILES string of the molecule is CC(=O)O.CSC(=NC#N)N1CCC(=O)CC1.Cl.Clc1ccc(C[C@H]2CC3CC3CN2)cc1.Nc1nc(N2CCC(N3CC4CC4C[C@@H]3Cc3ccc(Cl)cc3)CC2)n[nH]1. The van der Waals surface area contributed by atoms with Crippen molar-refractivity contribution >= 4 is 76.2 Å². The van der Waals surface area contributed by atoms with E-state index in [0.29, 0.717) is 55.8 Å². The molecule has 326 valence electrons. The molecule has 2 aliphatic carbocycles. The molecule has 1 aromatic heterocycles. The van der Waals surface area contributed by atoms with Crippen molar-refractivity contribution in [2.24, 2.45) is 28.7 Å². The first-order valence-corrected chi connectivity index (χ1v) is 22.8. The highest BCUT2D eigenvalue weighted by Crippen LogP contribution is 2.49. The third kappa shape index (κ3) is 14.5. The smallest absolute Gasteiger partial charge is 0.300 e. The third-order valence-electron chi connectivity index (χ3n) is 12.3. The van der Waals surface area contributed by atoms with Gasteiger partial charge in [0, 0.05) is 80.7 Å². The number of Topliss-reactive ketones (excluding diaryl/α,β-unsaturated/α-hetero) is 1. The first-order valence-electron chi connectivity index (χ1n) is 20.9. The van der Waals surface area contributed by atoms with Crippen LogP contribution in [0, 0.1) is 35.1 Å². The highest BCUT2D eigenvalue weighted by Gasteiger charge is 2.47. The normalized spacial score (nSPS) is 25.9. The van der Waals surface area contributed by atoms with Gasteiger partial charge in [-0.3, -0.25) is 14.5 Å². The van der Waals surface area contributed by atoms with Gasteiger partial charge < -0.3 is 26.0 Å². The van der Waals surface area contributed by atoms with E-state index < -0.39 is 5.97 Å². The molecule has 2 aromatic carbocycles. The molecule has 2 saturated carbocycles. The number of piperidine rings is 4. The Balaban J connectivity index is 0.000000176. The van der Waals surface area contributed by atoms with E-state index in [9.17, 15) is 4.79 Å². The molecular weight excluding hydrogens is 843 g/mol. The van der Waals surface area contributed by atoms with E-state index in [-0.39, 0.29) is 12.4 Å². The molecule has 6 fully saturated rings. The van der Waals surface area contributed by atoms with Crippen LogP contribution in [0.3, 0.4) is 0 Å². The molecule has 4 unspecified atom stereocenters. The lowest BCUT2D eigenvalue weighted by Crippen LogP contribution is -2.52. The molecule has 0 spiro atoms. The average molecular weight is 902 g/mol. The van der Waals surface area contributed by atoms with E-state index in [1.54, 1.807) is 6.19 Å². The number of carbonyl (C=O) groups excluding carboxylic acids is 1. The van der Waals surface area contributed by atoms with Crippen LogP contribution in [0.5, 0.6) is 0 Å². The standard InChI is InChI=1S/C20H27ClN6.C13H16ClN.C8H11N3OS.C2H4O2.ClH/c21-16-3-1-13(2-4-16)9-18-11-14-10-15(14)12-27(18)17-5-7-26(8-6-17)20-23-19(22)24-25-20;14-12-3-1-9(2-4-12)5-13-7-10-6-11(10)8-15-13;1-13-8(10-6-9)11-4-2-7(12)3-5-11;1-2(3)4;/h1-4,14-15,17-18H,5-12H2,(H3,22,23,24,25);1-4,10-11,13,15H,5-8H2;2-5H2,1H3;1H3,(H,3,4);1H/t14?,15?,18-;10?,11?,13-;;;/m00.../s1. The number of nitriles is 1. The fourth-order valence-electron chi connectivity index (χ4n) is 8.98. The molecule has 60 heavy (non-hydrogen) atoms. The summed E-state index contributed by atoms with van der Waals surface area (Å²) in [7, 11) is 0. The zero-order valence-electron chi connectivity index (χ0n) is 34.5. The lowest BCUT2D eigenvalue weighted by atomic mass is 9.91. The van der Waals surface area contributed by atoms with Crippen molar-refractivity contribution in [1.82, 2.24) is 30.3 Å². The van der Waals surface area contributed by atoms with Gasteiger partial charge in [0.25, 0.3) is 5.97 Å². The summed E-state index contributed by atoms with van der Waals surface area (Å²) in [6.07, 6.45) is 15.0. The number of rotatable bonds is 6. The van der Waals surface area contributed by atoms with E-state index >= 15 is 0 Å². The van der Waals surface area contributed by atoms with Crippen LogP contribution in [-0.4, -0.2) is 111 Å². The van der Waals surface area contributed by atoms with Crippen LogP contribution in [0.1, 0.15) is 69.4 Å². The maximum absolute atomic E-state index is 10.9. The molecule has 9 rings (SSSR count). The van der Waals surface area contributed by atoms with Crippen molar-refractivity contribution in [3.05, 3.63) is 69.7 Å². The molecule has 0 bridgehead atoms. The molecule has 13 nitrogen and oxygen atoms in total. The van der Waals surface area contributed by atoms with E-state index in [0.717, 1.165) is 77.7 Å². The van der Waals surface area contributed by atoms with Crippen molar-refractivity contribution in [3.63, 3.8) is 0 Å². The molecule has 0 amide bonds. The van der Waals surface area contributed by atoms with E-state index in [4.69, 9.17) is 44.1 Å². The topological polar surface area (TPSA) is 180 Å². The molecule has 4 saturated heterocycles. The largest absolute Gasteiger partial charge is 0.481 e. The van der Waals surface area contributed by atoms with E-state index in [2.05, 4.69) is 59.6 Å². The first-order chi connectivity index (χ1) is 28.5. The fourth-order valence-corrected chi connectivity index (χ4v) is 9.81. The molecule has 6 aliphatic rings. The molecule has 3 aromatic rings.